The maximum absolute atomic E-state index is 12.7. The third-order valence-corrected chi connectivity index (χ3v) is 5.92. The Kier molecular flexibility index (Phi) is 7.40. The minimum absolute atomic E-state index is 0.0748. The van der Waals surface area contributed by atoms with Gasteiger partial charge in [0.1, 0.15) is 5.75 Å². The molecule has 3 rings (SSSR count). The molecule has 1 heterocycles. The van der Waals surface area contributed by atoms with Gasteiger partial charge in [-0.15, -0.1) is 0 Å². The Labute approximate surface area is 180 Å². The van der Waals surface area contributed by atoms with Gasteiger partial charge in [0.25, 0.3) is 11.1 Å². The van der Waals surface area contributed by atoms with Gasteiger partial charge < -0.3 is 4.74 Å². The van der Waals surface area contributed by atoms with Crippen LogP contribution in [-0.2, 0) is 11.2 Å². The topological polar surface area (TPSA) is 46.6 Å². The predicted molar refractivity (Wildman–Crippen MR) is 119 cm³/mol. The molecule has 6 heteroatoms. The van der Waals surface area contributed by atoms with Crippen LogP contribution < -0.4 is 4.74 Å². The summed E-state index contributed by atoms with van der Waals surface area (Å²) in [6, 6.07) is 15.4. The first-order valence-corrected chi connectivity index (χ1v) is 10.9. The van der Waals surface area contributed by atoms with E-state index in [1.165, 1.54) is 10.5 Å². The van der Waals surface area contributed by atoms with Crippen molar-refractivity contribution < 1.29 is 14.3 Å². The molecule has 1 aliphatic heterocycles. The molecular formula is C23H24ClNO3S. The number of amides is 2. The van der Waals surface area contributed by atoms with Gasteiger partial charge in [0.2, 0.25) is 0 Å². The minimum atomic E-state index is -0.246. The highest BCUT2D eigenvalue weighted by Crippen LogP contribution is 2.34. The number of carbonyl (C=O) groups is 2. The van der Waals surface area contributed by atoms with Gasteiger partial charge in [0.15, 0.2) is 0 Å². The first-order valence-electron chi connectivity index (χ1n) is 9.73. The number of hydrogen-bond acceptors (Lipinski definition) is 4. The van der Waals surface area contributed by atoms with Crippen LogP contribution in [0.5, 0.6) is 5.75 Å². The predicted octanol–water partition coefficient (Wildman–Crippen LogP) is 6.19. The van der Waals surface area contributed by atoms with Crippen molar-refractivity contribution in [2.75, 3.05) is 6.54 Å². The zero-order chi connectivity index (χ0) is 20.8. The molecular weight excluding hydrogens is 406 g/mol. The zero-order valence-corrected chi connectivity index (χ0v) is 18.1. The first-order chi connectivity index (χ1) is 14.0. The van der Waals surface area contributed by atoms with Crippen LogP contribution in [0.15, 0.2) is 53.4 Å². The number of nitrogens with zero attached hydrogens (tertiary/aromatic N) is 1. The molecule has 0 aliphatic carbocycles. The summed E-state index contributed by atoms with van der Waals surface area (Å²) in [5.41, 5.74) is 1.96. The molecule has 0 N–H and O–H groups in total. The molecule has 0 bridgehead atoms. The van der Waals surface area contributed by atoms with Crippen molar-refractivity contribution in [2.24, 2.45) is 0 Å². The van der Waals surface area contributed by atoms with Crippen LogP contribution in [-0.4, -0.2) is 28.7 Å². The number of rotatable bonds is 8. The molecule has 4 nitrogen and oxygen atoms in total. The van der Waals surface area contributed by atoms with E-state index in [-0.39, 0.29) is 17.3 Å². The van der Waals surface area contributed by atoms with E-state index in [1.54, 1.807) is 18.2 Å². The fraction of sp³-hybridized carbons (Fsp3) is 0.304. The smallest absolute Gasteiger partial charge is 0.293 e. The Morgan fingerprint density at radius 2 is 1.93 bits per heavy atom. The van der Waals surface area contributed by atoms with Gasteiger partial charge in [0.05, 0.1) is 16.0 Å². The SMILES string of the molecule is CC[C@H](C)Oc1ccc(/C=C2/SC(=O)N(CCCc3ccccc3)C2=O)cc1Cl. The molecule has 29 heavy (non-hydrogen) atoms. The highest BCUT2D eigenvalue weighted by molar-refractivity contribution is 8.18. The van der Waals surface area contributed by atoms with E-state index in [0.29, 0.717) is 22.2 Å². The van der Waals surface area contributed by atoms with Crippen LogP contribution in [0.3, 0.4) is 0 Å². The number of ether oxygens (including phenoxy) is 1. The Bertz CT molecular complexity index is 914. The molecule has 152 valence electrons. The molecule has 2 amide bonds. The van der Waals surface area contributed by atoms with E-state index in [0.717, 1.165) is 36.6 Å². The Hall–Kier alpha value is -2.24. The monoisotopic (exact) mass is 429 g/mol. The van der Waals surface area contributed by atoms with E-state index in [4.69, 9.17) is 16.3 Å². The van der Waals surface area contributed by atoms with E-state index in [1.807, 2.05) is 50.2 Å². The van der Waals surface area contributed by atoms with Crippen molar-refractivity contribution >= 4 is 40.6 Å². The second-order valence-electron chi connectivity index (χ2n) is 6.95. The number of hydrogen-bond donors (Lipinski definition) is 0. The molecule has 1 fully saturated rings. The Morgan fingerprint density at radius 1 is 1.17 bits per heavy atom. The molecule has 0 unspecified atom stereocenters. The molecule has 1 atom stereocenters. The number of benzene rings is 2. The van der Waals surface area contributed by atoms with Crippen LogP contribution >= 0.6 is 23.4 Å². The van der Waals surface area contributed by atoms with Crippen molar-refractivity contribution in [3.63, 3.8) is 0 Å². The summed E-state index contributed by atoms with van der Waals surface area (Å²) in [5.74, 6) is 0.372. The highest BCUT2D eigenvalue weighted by atomic mass is 35.5. The van der Waals surface area contributed by atoms with E-state index < -0.39 is 0 Å². The van der Waals surface area contributed by atoms with E-state index in [2.05, 4.69) is 0 Å². The third-order valence-electron chi connectivity index (χ3n) is 4.72. The fourth-order valence-electron chi connectivity index (χ4n) is 2.93. The fourth-order valence-corrected chi connectivity index (χ4v) is 4.03. The lowest BCUT2D eigenvalue weighted by Crippen LogP contribution is -2.29. The largest absolute Gasteiger partial charge is 0.489 e. The number of thioether (sulfide) groups is 1. The Balaban J connectivity index is 1.64. The quantitative estimate of drug-likeness (QED) is 0.469. The first kappa shape index (κ1) is 21.5. The number of halogens is 1. The summed E-state index contributed by atoms with van der Waals surface area (Å²) in [5, 5.41) is 0.262. The molecule has 0 saturated carbocycles. The van der Waals surface area contributed by atoms with Crippen molar-refractivity contribution in [2.45, 2.75) is 39.2 Å². The van der Waals surface area contributed by atoms with Gasteiger partial charge >= 0.3 is 0 Å². The average molecular weight is 430 g/mol. The molecule has 1 aliphatic rings. The van der Waals surface area contributed by atoms with Gasteiger partial charge in [-0.3, -0.25) is 14.5 Å². The van der Waals surface area contributed by atoms with Crippen LogP contribution in [0.1, 0.15) is 37.8 Å². The second kappa shape index (κ2) is 9.99. The minimum Gasteiger partial charge on any atom is -0.489 e. The van der Waals surface area contributed by atoms with Gasteiger partial charge in [-0.1, -0.05) is 54.9 Å². The molecule has 2 aromatic carbocycles. The third kappa shape index (κ3) is 5.64. The lowest BCUT2D eigenvalue weighted by atomic mass is 10.1. The van der Waals surface area contributed by atoms with Crippen molar-refractivity contribution in [3.8, 4) is 5.75 Å². The lowest BCUT2D eigenvalue weighted by molar-refractivity contribution is -0.122. The number of imide groups is 1. The lowest BCUT2D eigenvalue weighted by Gasteiger charge is -2.14. The summed E-state index contributed by atoms with van der Waals surface area (Å²) >= 11 is 7.28. The maximum atomic E-state index is 12.7. The van der Waals surface area contributed by atoms with Gasteiger partial charge in [0, 0.05) is 6.54 Å². The molecule has 0 spiro atoms. The standard InChI is InChI=1S/C23H24ClNO3S/c1-3-16(2)28-20-12-11-18(14-19(20)24)15-21-22(26)25(23(27)29-21)13-7-10-17-8-5-4-6-9-17/h4-6,8-9,11-12,14-16H,3,7,10,13H2,1-2H3/b21-15+/t16-/m0/s1. The van der Waals surface area contributed by atoms with Crippen LogP contribution in [0.2, 0.25) is 5.02 Å². The van der Waals surface area contributed by atoms with Gasteiger partial charge in [-0.2, -0.15) is 0 Å². The molecule has 2 aromatic rings. The molecule has 0 radical (unpaired) electrons. The zero-order valence-electron chi connectivity index (χ0n) is 16.6. The number of carbonyl (C=O) groups excluding carboxylic acids is 2. The summed E-state index contributed by atoms with van der Waals surface area (Å²) in [7, 11) is 0. The van der Waals surface area contributed by atoms with Crippen LogP contribution in [0.4, 0.5) is 4.79 Å². The highest BCUT2D eigenvalue weighted by Gasteiger charge is 2.34. The van der Waals surface area contributed by atoms with Crippen molar-refractivity contribution in [3.05, 3.63) is 69.6 Å². The maximum Gasteiger partial charge on any atom is 0.293 e. The van der Waals surface area contributed by atoms with Gasteiger partial charge in [-0.25, -0.2) is 0 Å². The van der Waals surface area contributed by atoms with Crippen molar-refractivity contribution in [1.29, 1.82) is 0 Å². The van der Waals surface area contributed by atoms with E-state index >= 15 is 0 Å². The summed E-state index contributed by atoms with van der Waals surface area (Å²) in [6.07, 6.45) is 4.24. The Morgan fingerprint density at radius 3 is 2.62 bits per heavy atom. The molecule has 1 saturated heterocycles. The van der Waals surface area contributed by atoms with Crippen LogP contribution in [0, 0.1) is 0 Å². The van der Waals surface area contributed by atoms with E-state index in [9.17, 15) is 9.59 Å². The summed E-state index contributed by atoms with van der Waals surface area (Å²) < 4.78 is 5.77. The summed E-state index contributed by atoms with van der Waals surface area (Å²) in [4.78, 5) is 26.7. The second-order valence-corrected chi connectivity index (χ2v) is 8.35. The van der Waals surface area contributed by atoms with Crippen molar-refractivity contribution in [1.82, 2.24) is 4.90 Å². The van der Waals surface area contributed by atoms with Gasteiger partial charge in [-0.05, 0) is 67.3 Å². The average Bonchev–Trinajstić information content (AvgIpc) is 2.98. The normalized spacial score (nSPS) is 16.5. The summed E-state index contributed by atoms with van der Waals surface area (Å²) in [6.45, 7) is 4.44. The number of aryl methyl sites for hydroxylation is 1. The molecule has 0 aromatic heterocycles. The van der Waals surface area contributed by atoms with Crippen LogP contribution in [0.25, 0.3) is 6.08 Å².